The fourth-order valence-corrected chi connectivity index (χ4v) is 4.28. The van der Waals surface area contributed by atoms with Crippen LogP contribution in [-0.2, 0) is 4.79 Å². The van der Waals surface area contributed by atoms with E-state index in [0.29, 0.717) is 35.2 Å². The van der Waals surface area contributed by atoms with Gasteiger partial charge >= 0.3 is 5.82 Å². The third-order valence-corrected chi connectivity index (χ3v) is 6.09. The third-order valence-electron chi connectivity index (χ3n) is 5.62. The number of hydrogen-bond acceptors (Lipinski definition) is 4. The van der Waals surface area contributed by atoms with Crippen LogP contribution in [-0.4, -0.2) is 26.4 Å². The van der Waals surface area contributed by atoms with Gasteiger partial charge in [-0.2, -0.15) is 0 Å². The normalized spacial score (nSPS) is 15.3. The zero-order chi connectivity index (χ0) is 21.1. The number of hydrogen-bond donors (Lipinski definition) is 2. The Morgan fingerprint density at radius 1 is 1.33 bits per heavy atom. The molecule has 1 amide bonds. The molecule has 3 aromatic rings. The number of H-pyrrole nitrogens is 1. The summed E-state index contributed by atoms with van der Waals surface area (Å²) in [5.41, 5.74) is 0.972. The van der Waals surface area contributed by atoms with Gasteiger partial charge in [-0.1, -0.05) is 37.0 Å². The van der Waals surface area contributed by atoms with Crippen LogP contribution < -0.4 is 10.00 Å². The molecule has 1 unspecified atom stereocenters. The second-order valence-electron chi connectivity index (χ2n) is 7.68. The van der Waals surface area contributed by atoms with Gasteiger partial charge in [0.05, 0.1) is 5.92 Å². The van der Waals surface area contributed by atoms with Crippen LogP contribution in [0.4, 0.5) is 10.2 Å². The van der Waals surface area contributed by atoms with E-state index in [-0.39, 0.29) is 5.91 Å². The maximum Gasteiger partial charge on any atom is 0.302 e. The van der Waals surface area contributed by atoms with E-state index in [4.69, 9.17) is 0 Å². The number of aryl methyl sites for hydroxylation is 1. The molecule has 7 nitrogen and oxygen atoms in total. The van der Waals surface area contributed by atoms with Crippen LogP contribution >= 0.6 is 15.9 Å². The van der Waals surface area contributed by atoms with Gasteiger partial charge in [0.1, 0.15) is 10.9 Å². The molecule has 30 heavy (non-hydrogen) atoms. The van der Waals surface area contributed by atoms with E-state index >= 15 is 0 Å². The van der Waals surface area contributed by atoms with Crippen LogP contribution in [0.1, 0.15) is 49.4 Å². The van der Waals surface area contributed by atoms with Gasteiger partial charge < -0.3 is 5.32 Å². The number of aromatic nitrogens is 5. The Morgan fingerprint density at radius 3 is 2.77 bits per heavy atom. The lowest BCUT2D eigenvalue weighted by molar-refractivity contribution is -0.668. The van der Waals surface area contributed by atoms with Gasteiger partial charge in [-0.3, -0.25) is 4.79 Å². The molecule has 0 saturated heterocycles. The Labute approximate surface area is 182 Å². The van der Waals surface area contributed by atoms with Crippen LogP contribution in [0.3, 0.4) is 0 Å². The van der Waals surface area contributed by atoms with E-state index in [0.717, 1.165) is 17.3 Å². The van der Waals surface area contributed by atoms with Crippen molar-refractivity contribution in [2.75, 3.05) is 5.32 Å². The van der Waals surface area contributed by atoms with E-state index in [1.807, 2.05) is 6.07 Å². The van der Waals surface area contributed by atoms with E-state index in [9.17, 15) is 9.18 Å². The highest BCUT2D eigenvalue weighted by Crippen LogP contribution is 2.35. The largest absolute Gasteiger partial charge is 0.310 e. The summed E-state index contributed by atoms with van der Waals surface area (Å²) in [5, 5.41) is 13.1. The molecule has 0 spiro atoms. The first-order valence-corrected chi connectivity index (χ1v) is 10.8. The molecule has 9 heteroatoms. The Morgan fingerprint density at radius 2 is 2.13 bits per heavy atom. The molecule has 1 aliphatic rings. The first kappa shape index (κ1) is 20.6. The van der Waals surface area contributed by atoms with Crippen molar-refractivity contribution in [2.45, 2.75) is 44.9 Å². The Hall–Kier alpha value is -2.68. The van der Waals surface area contributed by atoms with Gasteiger partial charge in [-0.05, 0) is 58.1 Å². The molecule has 4 rings (SSSR count). The maximum atomic E-state index is 15.0. The standard InChI is InChI=1S/C21H22BrFN6O/c1-13-26-27-28-29(13)19-8-6-15(11-18(19)23)17(10-14-4-2-3-5-14)21(30)25-20-9-7-16(22)12-24-20/h6-9,11-12,14,17H,2-5,10H2,1H3,(H,24,25,30)/p+1. The number of amides is 1. The highest BCUT2D eigenvalue weighted by molar-refractivity contribution is 9.10. The van der Waals surface area contributed by atoms with Crippen molar-refractivity contribution < 1.29 is 13.9 Å². The molecule has 2 heterocycles. The van der Waals surface area contributed by atoms with Gasteiger partial charge in [0.2, 0.25) is 5.91 Å². The summed E-state index contributed by atoms with van der Waals surface area (Å²) < 4.78 is 17.3. The summed E-state index contributed by atoms with van der Waals surface area (Å²) in [6, 6.07) is 8.46. The molecule has 1 aliphatic carbocycles. The number of nitrogens with one attached hydrogen (secondary N) is 2. The topological polar surface area (TPSA) is 87.4 Å². The number of carbonyl (C=O) groups excluding carboxylic acids is 1. The predicted molar refractivity (Wildman–Crippen MR) is 112 cm³/mol. The molecular weight excluding hydrogens is 451 g/mol. The Bertz CT molecular complexity index is 1030. The molecular formula is C21H23BrFN6O+. The zero-order valence-electron chi connectivity index (χ0n) is 16.6. The summed E-state index contributed by atoms with van der Waals surface area (Å²) in [4.78, 5) is 17.4. The second kappa shape index (κ2) is 8.99. The van der Waals surface area contributed by atoms with Gasteiger partial charge in [-0.25, -0.2) is 9.37 Å². The average Bonchev–Trinajstić information content (AvgIpc) is 3.39. The lowest BCUT2D eigenvalue weighted by Gasteiger charge is -2.21. The number of benzene rings is 1. The predicted octanol–water partition coefficient (Wildman–Crippen LogP) is 3.99. The third kappa shape index (κ3) is 4.56. The quantitative estimate of drug-likeness (QED) is 0.529. The van der Waals surface area contributed by atoms with Crippen molar-refractivity contribution in [1.82, 2.24) is 20.5 Å². The highest BCUT2D eigenvalue weighted by Gasteiger charge is 2.28. The second-order valence-corrected chi connectivity index (χ2v) is 8.60. The molecule has 1 atom stereocenters. The maximum absolute atomic E-state index is 15.0. The van der Waals surface area contributed by atoms with Crippen LogP contribution in [0.5, 0.6) is 0 Å². The summed E-state index contributed by atoms with van der Waals surface area (Å²) >= 11 is 3.34. The molecule has 1 fully saturated rings. The van der Waals surface area contributed by atoms with Gasteiger partial charge in [0, 0.05) is 17.6 Å². The molecule has 2 aromatic heterocycles. The fraction of sp³-hybridized carbons (Fsp3) is 0.381. The summed E-state index contributed by atoms with van der Waals surface area (Å²) in [6.07, 6.45) is 6.91. The summed E-state index contributed by atoms with van der Waals surface area (Å²) in [7, 11) is 0. The lowest BCUT2D eigenvalue weighted by atomic mass is 9.87. The molecule has 1 aromatic carbocycles. The number of rotatable bonds is 6. The smallest absolute Gasteiger partial charge is 0.302 e. The number of carbonyl (C=O) groups is 1. The SMILES string of the molecule is Cc1nn[nH][n+]1-c1ccc(C(CC2CCCC2)C(=O)Nc2ccc(Br)cn2)cc1F. The van der Waals surface area contributed by atoms with Crippen molar-refractivity contribution in [1.29, 1.82) is 0 Å². The molecule has 0 aliphatic heterocycles. The van der Waals surface area contributed by atoms with Crippen molar-refractivity contribution in [3.8, 4) is 5.69 Å². The Kier molecular flexibility index (Phi) is 6.17. The number of aromatic amines is 1. The van der Waals surface area contributed by atoms with E-state index in [1.54, 1.807) is 31.3 Å². The van der Waals surface area contributed by atoms with E-state index in [1.165, 1.54) is 23.6 Å². The first-order valence-electron chi connectivity index (χ1n) is 10.0. The summed E-state index contributed by atoms with van der Waals surface area (Å²) in [5.74, 6) is 0.436. The number of nitrogens with zero attached hydrogens (tertiary/aromatic N) is 4. The first-order chi connectivity index (χ1) is 14.5. The fourth-order valence-electron chi connectivity index (χ4n) is 4.04. The number of pyridine rings is 1. The molecule has 0 bridgehead atoms. The highest BCUT2D eigenvalue weighted by atomic mass is 79.9. The zero-order valence-corrected chi connectivity index (χ0v) is 18.2. The van der Waals surface area contributed by atoms with Gasteiger partial charge in [0.15, 0.2) is 16.7 Å². The van der Waals surface area contributed by atoms with Gasteiger partial charge in [0.25, 0.3) is 0 Å². The minimum atomic E-state index is -0.451. The molecule has 156 valence electrons. The van der Waals surface area contributed by atoms with Gasteiger partial charge in [-0.15, -0.1) is 4.68 Å². The Balaban J connectivity index is 1.61. The van der Waals surface area contributed by atoms with E-state index in [2.05, 4.69) is 41.8 Å². The van der Waals surface area contributed by atoms with Crippen molar-refractivity contribution >= 4 is 27.7 Å². The van der Waals surface area contributed by atoms with Crippen molar-refractivity contribution in [2.24, 2.45) is 5.92 Å². The number of tetrazole rings is 1. The van der Waals surface area contributed by atoms with Crippen LogP contribution in [0.15, 0.2) is 41.0 Å². The van der Waals surface area contributed by atoms with Crippen LogP contribution in [0, 0.1) is 18.7 Å². The summed E-state index contributed by atoms with van der Waals surface area (Å²) in [6.45, 7) is 1.73. The van der Waals surface area contributed by atoms with Crippen LogP contribution in [0.2, 0.25) is 0 Å². The monoisotopic (exact) mass is 473 g/mol. The number of halogens is 2. The molecule has 2 N–H and O–H groups in total. The van der Waals surface area contributed by atoms with Crippen molar-refractivity contribution in [3.63, 3.8) is 0 Å². The van der Waals surface area contributed by atoms with Crippen molar-refractivity contribution in [3.05, 3.63) is 58.2 Å². The van der Waals surface area contributed by atoms with Crippen LogP contribution in [0.25, 0.3) is 5.69 Å². The van der Waals surface area contributed by atoms with E-state index < -0.39 is 11.7 Å². The molecule has 0 radical (unpaired) electrons. The minimum Gasteiger partial charge on any atom is -0.310 e. The molecule has 1 saturated carbocycles. The lowest BCUT2D eigenvalue weighted by Crippen LogP contribution is -2.37. The number of anilines is 1. The minimum absolute atomic E-state index is 0.170. The average molecular weight is 474 g/mol.